The number of amides is 3. The van der Waals surface area contributed by atoms with Crippen LogP contribution in [0, 0.1) is 0 Å². The summed E-state index contributed by atoms with van der Waals surface area (Å²) >= 11 is 0. The second kappa shape index (κ2) is 6.34. The monoisotopic (exact) mass is 299 g/mol. The number of carbonyl (C=O) groups excluding carboxylic acids is 2. The minimum atomic E-state index is -0.327. The lowest BCUT2D eigenvalue weighted by Gasteiger charge is -2.08. The molecule has 1 aromatic heterocycles. The molecule has 0 spiro atoms. The fourth-order valence-electron chi connectivity index (χ4n) is 1.96. The van der Waals surface area contributed by atoms with Gasteiger partial charge in [0.05, 0.1) is 12.8 Å². The van der Waals surface area contributed by atoms with E-state index in [1.165, 1.54) is 0 Å². The molecule has 6 heteroatoms. The van der Waals surface area contributed by atoms with E-state index >= 15 is 0 Å². The highest BCUT2D eigenvalue weighted by Gasteiger charge is 2.23. The molecule has 1 aliphatic rings. The van der Waals surface area contributed by atoms with Gasteiger partial charge in [0.1, 0.15) is 5.76 Å². The van der Waals surface area contributed by atoms with Crippen molar-refractivity contribution in [2.75, 3.05) is 5.32 Å². The standard InChI is InChI=1S/C16H17N3O3/c20-15(18-12-7-8-12)11-3-5-13(6-4-11)19-16(21)17-10-14-2-1-9-22-14/h1-6,9,12H,7-8,10H2,(H,18,20)(H2,17,19,21). The molecule has 1 fully saturated rings. The van der Waals surface area contributed by atoms with Crippen LogP contribution in [-0.2, 0) is 6.54 Å². The van der Waals surface area contributed by atoms with Gasteiger partial charge < -0.3 is 20.4 Å². The van der Waals surface area contributed by atoms with Crippen LogP contribution in [0.5, 0.6) is 0 Å². The summed E-state index contributed by atoms with van der Waals surface area (Å²) in [5.74, 6) is 0.610. The Morgan fingerprint density at radius 3 is 2.55 bits per heavy atom. The van der Waals surface area contributed by atoms with Gasteiger partial charge in [0.2, 0.25) is 0 Å². The van der Waals surface area contributed by atoms with Crippen molar-refractivity contribution in [3.05, 3.63) is 54.0 Å². The van der Waals surface area contributed by atoms with E-state index in [-0.39, 0.29) is 11.9 Å². The summed E-state index contributed by atoms with van der Waals surface area (Å²) in [6.45, 7) is 0.320. The molecule has 1 aliphatic carbocycles. The van der Waals surface area contributed by atoms with Crippen LogP contribution in [0.3, 0.4) is 0 Å². The number of urea groups is 1. The lowest BCUT2D eigenvalue weighted by Crippen LogP contribution is -2.28. The second-order valence-corrected chi connectivity index (χ2v) is 5.21. The highest BCUT2D eigenvalue weighted by molar-refractivity contribution is 5.95. The van der Waals surface area contributed by atoms with Crippen molar-refractivity contribution in [3.8, 4) is 0 Å². The molecule has 22 heavy (non-hydrogen) atoms. The van der Waals surface area contributed by atoms with E-state index in [2.05, 4.69) is 16.0 Å². The molecule has 3 rings (SSSR count). The van der Waals surface area contributed by atoms with Crippen LogP contribution in [-0.4, -0.2) is 18.0 Å². The molecule has 0 atom stereocenters. The van der Waals surface area contributed by atoms with Gasteiger partial charge in [-0.25, -0.2) is 4.79 Å². The van der Waals surface area contributed by atoms with Crippen LogP contribution < -0.4 is 16.0 Å². The third-order valence-corrected chi connectivity index (χ3v) is 3.32. The van der Waals surface area contributed by atoms with Crippen molar-refractivity contribution in [1.29, 1.82) is 0 Å². The van der Waals surface area contributed by atoms with Gasteiger partial charge in [-0.3, -0.25) is 4.79 Å². The van der Waals surface area contributed by atoms with Gasteiger partial charge in [-0.15, -0.1) is 0 Å². The number of nitrogens with one attached hydrogen (secondary N) is 3. The smallest absolute Gasteiger partial charge is 0.319 e. The average molecular weight is 299 g/mol. The largest absolute Gasteiger partial charge is 0.467 e. The molecule has 3 amide bonds. The Morgan fingerprint density at radius 2 is 1.91 bits per heavy atom. The quantitative estimate of drug-likeness (QED) is 0.793. The molecule has 6 nitrogen and oxygen atoms in total. The van der Waals surface area contributed by atoms with Gasteiger partial charge >= 0.3 is 6.03 Å². The van der Waals surface area contributed by atoms with Gasteiger partial charge in [0.15, 0.2) is 0 Å². The normalized spacial score (nSPS) is 13.5. The zero-order chi connectivity index (χ0) is 15.4. The maximum Gasteiger partial charge on any atom is 0.319 e. The second-order valence-electron chi connectivity index (χ2n) is 5.21. The summed E-state index contributed by atoms with van der Waals surface area (Å²) < 4.78 is 5.13. The zero-order valence-electron chi connectivity index (χ0n) is 12.0. The van der Waals surface area contributed by atoms with E-state index in [4.69, 9.17) is 4.42 Å². The first-order valence-corrected chi connectivity index (χ1v) is 7.19. The highest BCUT2D eigenvalue weighted by Crippen LogP contribution is 2.19. The van der Waals surface area contributed by atoms with Crippen molar-refractivity contribution in [2.24, 2.45) is 0 Å². The molecule has 2 aromatic rings. The van der Waals surface area contributed by atoms with Crippen LogP contribution in [0.4, 0.5) is 10.5 Å². The first-order chi connectivity index (χ1) is 10.7. The van der Waals surface area contributed by atoms with Crippen LogP contribution in [0.25, 0.3) is 0 Å². The first-order valence-electron chi connectivity index (χ1n) is 7.19. The summed E-state index contributed by atoms with van der Waals surface area (Å²) in [4.78, 5) is 23.6. The number of rotatable bonds is 5. The zero-order valence-corrected chi connectivity index (χ0v) is 12.0. The molecule has 1 aromatic carbocycles. The van der Waals surface area contributed by atoms with Crippen molar-refractivity contribution >= 4 is 17.6 Å². The van der Waals surface area contributed by atoms with E-state index in [0.717, 1.165) is 12.8 Å². The van der Waals surface area contributed by atoms with Gasteiger partial charge in [-0.05, 0) is 49.2 Å². The molecule has 0 bridgehead atoms. The van der Waals surface area contributed by atoms with Crippen LogP contribution >= 0.6 is 0 Å². The molecule has 1 saturated carbocycles. The Balaban J connectivity index is 1.49. The molecule has 0 aliphatic heterocycles. The molecular weight excluding hydrogens is 282 g/mol. The Labute approximate surface area is 127 Å². The highest BCUT2D eigenvalue weighted by atomic mass is 16.3. The predicted molar refractivity (Wildman–Crippen MR) is 81.5 cm³/mol. The van der Waals surface area contributed by atoms with Gasteiger partial charge in [-0.2, -0.15) is 0 Å². The maximum absolute atomic E-state index is 11.8. The Kier molecular flexibility index (Phi) is 4.09. The van der Waals surface area contributed by atoms with Crippen molar-refractivity contribution < 1.29 is 14.0 Å². The average Bonchev–Trinajstić information content (AvgIpc) is 3.17. The summed E-state index contributed by atoms with van der Waals surface area (Å²) in [6, 6.07) is 10.3. The minimum Gasteiger partial charge on any atom is -0.467 e. The molecule has 0 unspecified atom stereocenters. The summed E-state index contributed by atoms with van der Waals surface area (Å²) in [7, 11) is 0. The third kappa shape index (κ3) is 3.88. The lowest BCUT2D eigenvalue weighted by molar-refractivity contribution is 0.0951. The van der Waals surface area contributed by atoms with Gasteiger partial charge in [0.25, 0.3) is 5.91 Å². The van der Waals surface area contributed by atoms with Crippen LogP contribution in [0.15, 0.2) is 47.1 Å². The van der Waals surface area contributed by atoms with Crippen molar-refractivity contribution in [1.82, 2.24) is 10.6 Å². The first kappa shape index (κ1) is 14.2. The van der Waals surface area contributed by atoms with Crippen molar-refractivity contribution in [3.63, 3.8) is 0 Å². The molecule has 0 radical (unpaired) electrons. The van der Waals surface area contributed by atoms with E-state index in [1.54, 1.807) is 42.7 Å². The van der Waals surface area contributed by atoms with Crippen LogP contribution in [0.2, 0.25) is 0 Å². The molecule has 114 valence electrons. The van der Waals surface area contributed by atoms with E-state index in [9.17, 15) is 9.59 Å². The van der Waals surface area contributed by atoms with E-state index in [1.807, 2.05) is 0 Å². The number of anilines is 1. The minimum absolute atomic E-state index is 0.0729. The predicted octanol–water partition coefficient (Wildman–Crippen LogP) is 2.49. The number of hydrogen-bond donors (Lipinski definition) is 3. The van der Waals surface area contributed by atoms with Crippen LogP contribution in [0.1, 0.15) is 29.0 Å². The number of furan rings is 1. The summed E-state index contributed by atoms with van der Waals surface area (Å²) in [5.41, 5.74) is 1.22. The molecule has 3 N–H and O–H groups in total. The fourth-order valence-corrected chi connectivity index (χ4v) is 1.96. The number of benzene rings is 1. The number of carbonyl (C=O) groups is 2. The Morgan fingerprint density at radius 1 is 1.14 bits per heavy atom. The molecular formula is C16H17N3O3. The number of hydrogen-bond acceptors (Lipinski definition) is 3. The molecule has 1 heterocycles. The Bertz CT molecular complexity index is 646. The molecule has 0 saturated heterocycles. The fraction of sp³-hybridized carbons (Fsp3) is 0.250. The van der Waals surface area contributed by atoms with Crippen molar-refractivity contribution in [2.45, 2.75) is 25.4 Å². The third-order valence-electron chi connectivity index (χ3n) is 3.32. The topological polar surface area (TPSA) is 83.4 Å². The summed E-state index contributed by atoms with van der Waals surface area (Å²) in [6.07, 6.45) is 3.67. The lowest BCUT2D eigenvalue weighted by atomic mass is 10.2. The summed E-state index contributed by atoms with van der Waals surface area (Å²) in [5, 5.41) is 8.30. The van der Waals surface area contributed by atoms with Gasteiger partial charge in [-0.1, -0.05) is 0 Å². The van der Waals surface area contributed by atoms with E-state index < -0.39 is 0 Å². The SMILES string of the molecule is O=C(NCc1ccco1)Nc1ccc(C(=O)NC2CC2)cc1. The van der Waals surface area contributed by atoms with E-state index in [0.29, 0.717) is 29.6 Å². The Hall–Kier alpha value is -2.76. The van der Waals surface area contributed by atoms with Gasteiger partial charge in [0, 0.05) is 17.3 Å². The maximum atomic E-state index is 11.8.